The summed E-state index contributed by atoms with van der Waals surface area (Å²) in [5.41, 5.74) is 1.33. The lowest BCUT2D eigenvalue weighted by atomic mass is 10.3. The van der Waals surface area contributed by atoms with Crippen LogP contribution in [0.3, 0.4) is 0 Å². The zero-order valence-corrected chi connectivity index (χ0v) is 14.7. The largest absolute Gasteiger partial charge is 0.461 e. The van der Waals surface area contributed by atoms with Crippen LogP contribution in [0.2, 0.25) is 0 Å². The van der Waals surface area contributed by atoms with E-state index >= 15 is 0 Å². The monoisotopic (exact) mass is 425 g/mol. The second kappa shape index (κ2) is 6.69. The third-order valence-corrected chi connectivity index (χ3v) is 4.13. The van der Waals surface area contributed by atoms with Crippen molar-refractivity contribution in [3.63, 3.8) is 0 Å². The van der Waals surface area contributed by atoms with Crippen LogP contribution >= 0.6 is 22.6 Å². The van der Waals surface area contributed by atoms with Crippen molar-refractivity contribution in [2.24, 2.45) is 5.92 Å². The van der Waals surface area contributed by atoms with Crippen molar-refractivity contribution < 1.29 is 14.3 Å². The maximum atomic E-state index is 12.1. The van der Waals surface area contributed by atoms with E-state index in [9.17, 15) is 9.59 Å². The Labute approximate surface area is 147 Å². The number of ether oxygens (including phenoxy) is 1. The number of nitrogens with one attached hydrogen (secondary N) is 1. The first kappa shape index (κ1) is 16.0. The highest BCUT2D eigenvalue weighted by Crippen LogP contribution is 2.31. The molecule has 1 aliphatic carbocycles. The molecule has 120 valence electrons. The number of hydrogen-bond donors (Lipinski definition) is 1. The van der Waals surface area contributed by atoms with E-state index in [1.165, 1.54) is 0 Å². The lowest BCUT2D eigenvalue weighted by Crippen LogP contribution is -2.16. The quantitative estimate of drug-likeness (QED) is 0.591. The topological polar surface area (TPSA) is 73.2 Å². The minimum absolute atomic E-state index is 0.0473. The Kier molecular flexibility index (Phi) is 4.65. The molecule has 3 rings (SSSR count). The molecule has 7 heteroatoms. The van der Waals surface area contributed by atoms with Crippen LogP contribution in [0.4, 0.5) is 5.69 Å². The van der Waals surface area contributed by atoms with Crippen LogP contribution < -0.4 is 5.32 Å². The maximum absolute atomic E-state index is 12.1. The summed E-state index contributed by atoms with van der Waals surface area (Å²) in [6.45, 7) is 1.99. The van der Waals surface area contributed by atoms with E-state index in [2.05, 4.69) is 33.0 Å². The molecule has 1 aromatic heterocycles. The van der Waals surface area contributed by atoms with Gasteiger partial charge in [0.05, 0.1) is 24.2 Å². The minimum atomic E-state index is -0.539. The second-order valence-corrected chi connectivity index (χ2v) is 6.55. The van der Waals surface area contributed by atoms with Crippen molar-refractivity contribution >= 4 is 40.2 Å². The van der Waals surface area contributed by atoms with Crippen LogP contribution in [-0.2, 0) is 9.53 Å². The number of aromatic nitrogens is 2. The molecule has 0 saturated heterocycles. The van der Waals surface area contributed by atoms with Crippen molar-refractivity contribution in [3.8, 4) is 5.69 Å². The lowest BCUT2D eigenvalue weighted by Gasteiger charge is -2.03. The Morgan fingerprint density at radius 1 is 1.43 bits per heavy atom. The van der Waals surface area contributed by atoms with Gasteiger partial charge in [0.1, 0.15) is 0 Å². The van der Waals surface area contributed by atoms with Crippen molar-refractivity contribution in [1.82, 2.24) is 9.78 Å². The number of halogens is 1. The number of esters is 1. The van der Waals surface area contributed by atoms with Gasteiger partial charge in [-0.1, -0.05) is 6.07 Å². The molecule has 0 aliphatic heterocycles. The summed E-state index contributed by atoms with van der Waals surface area (Å²) >= 11 is 2.21. The molecular weight excluding hydrogens is 409 g/mol. The number of anilines is 1. The van der Waals surface area contributed by atoms with Gasteiger partial charge in [0.25, 0.3) is 0 Å². The smallest absolute Gasteiger partial charge is 0.361 e. The summed E-state index contributed by atoms with van der Waals surface area (Å²) in [7, 11) is 0. The molecule has 2 aromatic rings. The first-order valence-electron chi connectivity index (χ1n) is 7.42. The molecule has 1 aliphatic rings. The van der Waals surface area contributed by atoms with Crippen molar-refractivity contribution in [2.75, 3.05) is 11.9 Å². The van der Waals surface area contributed by atoms with Gasteiger partial charge in [0.2, 0.25) is 5.91 Å². The second-order valence-electron chi connectivity index (χ2n) is 5.30. The molecule has 0 spiro atoms. The van der Waals surface area contributed by atoms with Gasteiger partial charge in [-0.3, -0.25) is 4.79 Å². The fourth-order valence-corrected chi connectivity index (χ4v) is 2.67. The predicted octanol–water partition coefficient (Wildman–Crippen LogP) is 3.00. The number of amides is 1. The number of nitrogens with zero attached hydrogens (tertiary/aromatic N) is 2. The van der Waals surface area contributed by atoms with Crippen LogP contribution in [0.15, 0.2) is 30.5 Å². The van der Waals surface area contributed by atoms with Gasteiger partial charge >= 0.3 is 5.97 Å². The normalized spacial score (nSPS) is 13.7. The fourth-order valence-electron chi connectivity index (χ4n) is 2.15. The van der Waals surface area contributed by atoms with Crippen molar-refractivity contribution in [3.05, 3.63) is 39.7 Å². The molecule has 23 heavy (non-hydrogen) atoms. The molecule has 0 unspecified atom stereocenters. The summed E-state index contributed by atoms with van der Waals surface area (Å²) in [4.78, 5) is 24.1. The molecule has 1 aromatic carbocycles. The Morgan fingerprint density at radius 2 is 2.22 bits per heavy atom. The number of carbonyl (C=O) groups excluding carboxylic acids is 2. The number of hydrogen-bond acceptors (Lipinski definition) is 4. The molecule has 0 radical (unpaired) electrons. The molecular formula is C16H16IN3O3. The van der Waals surface area contributed by atoms with Crippen molar-refractivity contribution in [1.29, 1.82) is 0 Å². The predicted molar refractivity (Wildman–Crippen MR) is 93.6 cm³/mol. The van der Waals surface area contributed by atoms with E-state index in [0.717, 1.165) is 22.1 Å². The lowest BCUT2D eigenvalue weighted by molar-refractivity contribution is -0.117. The van der Waals surface area contributed by atoms with E-state index in [4.69, 9.17) is 4.74 Å². The van der Waals surface area contributed by atoms with Gasteiger partial charge < -0.3 is 10.1 Å². The van der Waals surface area contributed by atoms with Gasteiger partial charge in [-0.15, -0.1) is 0 Å². The Bertz CT molecular complexity index is 753. The summed E-state index contributed by atoms with van der Waals surface area (Å²) in [5, 5.41) is 7.09. The minimum Gasteiger partial charge on any atom is -0.461 e. The van der Waals surface area contributed by atoms with Gasteiger partial charge in [0, 0.05) is 9.49 Å². The zero-order valence-electron chi connectivity index (χ0n) is 12.6. The highest BCUT2D eigenvalue weighted by Gasteiger charge is 2.31. The third kappa shape index (κ3) is 3.72. The van der Waals surface area contributed by atoms with E-state index in [1.807, 2.05) is 24.3 Å². The molecule has 1 fully saturated rings. The fraction of sp³-hybridized carbons (Fsp3) is 0.312. The third-order valence-electron chi connectivity index (χ3n) is 3.46. The average Bonchev–Trinajstić information content (AvgIpc) is 3.29. The summed E-state index contributed by atoms with van der Waals surface area (Å²) < 4.78 is 7.66. The van der Waals surface area contributed by atoms with Gasteiger partial charge in [-0.25, -0.2) is 9.48 Å². The average molecular weight is 425 g/mol. The van der Waals surface area contributed by atoms with Crippen LogP contribution in [0.25, 0.3) is 5.69 Å². The Hall–Kier alpha value is -1.90. The first-order chi connectivity index (χ1) is 11.1. The molecule has 6 nitrogen and oxygen atoms in total. The number of carbonyl (C=O) groups is 2. The molecule has 1 N–H and O–H groups in total. The van der Waals surface area contributed by atoms with Crippen LogP contribution in [0.1, 0.15) is 30.3 Å². The summed E-state index contributed by atoms with van der Waals surface area (Å²) in [5.74, 6) is -0.563. The van der Waals surface area contributed by atoms with E-state index in [-0.39, 0.29) is 24.1 Å². The van der Waals surface area contributed by atoms with E-state index in [1.54, 1.807) is 17.8 Å². The summed E-state index contributed by atoms with van der Waals surface area (Å²) in [6, 6.07) is 7.70. The summed E-state index contributed by atoms with van der Waals surface area (Å²) in [6.07, 6.45) is 3.44. The highest BCUT2D eigenvalue weighted by atomic mass is 127. The molecule has 1 saturated carbocycles. The van der Waals surface area contributed by atoms with Crippen LogP contribution in [-0.4, -0.2) is 28.3 Å². The van der Waals surface area contributed by atoms with Crippen LogP contribution in [0, 0.1) is 9.49 Å². The Balaban J connectivity index is 1.94. The standard InChI is InChI=1S/C16H16IN3O3/c1-2-23-16(22)14-13(18-15(21)10-6-7-10)9-20(19-14)12-5-3-4-11(17)8-12/h3-5,8-10H,2,6-7H2,1H3,(H,18,21). The number of rotatable bonds is 5. The molecule has 0 atom stereocenters. The SMILES string of the molecule is CCOC(=O)c1nn(-c2cccc(I)c2)cc1NC(=O)C1CC1. The molecule has 0 bridgehead atoms. The van der Waals surface area contributed by atoms with E-state index < -0.39 is 5.97 Å². The number of benzene rings is 1. The van der Waals surface area contributed by atoms with E-state index in [0.29, 0.717) is 5.69 Å². The molecule has 1 heterocycles. The van der Waals surface area contributed by atoms with Crippen molar-refractivity contribution in [2.45, 2.75) is 19.8 Å². The molecule has 1 amide bonds. The van der Waals surface area contributed by atoms with Crippen LogP contribution in [0.5, 0.6) is 0 Å². The first-order valence-corrected chi connectivity index (χ1v) is 8.50. The van der Waals surface area contributed by atoms with Gasteiger partial charge in [-0.2, -0.15) is 5.10 Å². The highest BCUT2D eigenvalue weighted by molar-refractivity contribution is 14.1. The van der Waals surface area contributed by atoms with Gasteiger partial charge in [0.15, 0.2) is 5.69 Å². The Morgan fingerprint density at radius 3 is 2.87 bits per heavy atom. The van der Waals surface area contributed by atoms with Gasteiger partial charge in [-0.05, 0) is 60.6 Å². The maximum Gasteiger partial charge on any atom is 0.361 e. The zero-order chi connectivity index (χ0) is 16.4.